The monoisotopic (exact) mass is 369 g/mol. The van der Waals surface area contributed by atoms with E-state index in [2.05, 4.69) is 5.32 Å². The highest BCUT2D eigenvalue weighted by atomic mass is 16.5. The first kappa shape index (κ1) is 20.4. The van der Waals surface area contributed by atoms with E-state index in [0.717, 1.165) is 16.9 Å². The van der Waals surface area contributed by atoms with Gasteiger partial charge in [-0.25, -0.2) is 0 Å². The molecule has 0 spiro atoms. The molecule has 5 nitrogen and oxygen atoms in total. The lowest BCUT2D eigenvalue weighted by Crippen LogP contribution is -2.20. The molecule has 1 amide bonds. The van der Waals surface area contributed by atoms with Crippen molar-refractivity contribution in [1.82, 2.24) is 5.32 Å². The van der Waals surface area contributed by atoms with Crippen LogP contribution in [0.4, 0.5) is 0 Å². The van der Waals surface area contributed by atoms with E-state index in [0.29, 0.717) is 24.7 Å². The Labute approximate surface area is 161 Å². The summed E-state index contributed by atoms with van der Waals surface area (Å²) < 4.78 is 16.4. The van der Waals surface area contributed by atoms with Crippen LogP contribution in [-0.2, 0) is 11.3 Å². The minimum absolute atomic E-state index is 0.141. The van der Waals surface area contributed by atoms with Crippen LogP contribution in [0.2, 0.25) is 0 Å². The zero-order chi connectivity index (χ0) is 19.6. The van der Waals surface area contributed by atoms with E-state index in [1.807, 2.05) is 63.2 Å². The topological polar surface area (TPSA) is 56.8 Å². The molecule has 2 aromatic carbocycles. The van der Waals surface area contributed by atoms with Crippen LogP contribution in [0.1, 0.15) is 31.9 Å². The lowest BCUT2D eigenvalue weighted by molar-refractivity contribution is -0.116. The van der Waals surface area contributed by atoms with E-state index in [1.54, 1.807) is 13.2 Å². The quantitative estimate of drug-likeness (QED) is 0.673. The molecule has 0 aromatic heterocycles. The number of hydrogen-bond acceptors (Lipinski definition) is 4. The second-order valence-corrected chi connectivity index (χ2v) is 6.21. The maximum Gasteiger partial charge on any atom is 0.244 e. The number of carbonyl (C=O) groups is 1. The first-order valence-corrected chi connectivity index (χ1v) is 9.04. The molecule has 144 valence electrons. The molecule has 5 heteroatoms. The van der Waals surface area contributed by atoms with E-state index >= 15 is 0 Å². The van der Waals surface area contributed by atoms with Gasteiger partial charge < -0.3 is 19.5 Å². The van der Waals surface area contributed by atoms with Crippen molar-refractivity contribution in [3.05, 3.63) is 59.7 Å². The van der Waals surface area contributed by atoms with Crippen molar-refractivity contribution in [3.8, 4) is 17.2 Å². The van der Waals surface area contributed by atoms with Gasteiger partial charge in [-0.05, 0) is 62.2 Å². The molecule has 0 saturated heterocycles. The lowest BCUT2D eigenvalue weighted by atomic mass is 10.2. The van der Waals surface area contributed by atoms with Crippen molar-refractivity contribution in [2.75, 3.05) is 13.7 Å². The number of hydrogen-bond donors (Lipinski definition) is 1. The molecule has 0 bridgehead atoms. The number of ether oxygens (including phenoxy) is 3. The van der Waals surface area contributed by atoms with Crippen molar-refractivity contribution in [2.45, 2.75) is 33.4 Å². The van der Waals surface area contributed by atoms with Crippen molar-refractivity contribution in [1.29, 1.82) is 0 Å². The fraction of sp³-hybridized carbons (Fsp3) is 0.318. The predicted molar refractivity (Wildman–Crippen MR) is 107 cm³/mol. The summed E-state index contributed by atoms with van der Waals surface area (Å²) in [4.78, 5) is 12.1. The number of amides is 1. The van der Waals surface area contributed by atoms with Gasteiger partial charge in [-0.2, -0.15) is 0 Å². The number of methoxy groups -OCH3 is 1. The third-order valence-corrected chi connectivity index (χ3v) is 3.68. The van der Waals surface area contributed by atoms with Crippen LogP contribution in [0.5, 0.6) is 17.2 Å². The molecular weight excluding hydrogens is 342 g/mol. The number of nitrogens with one attached hydrogen (secondary N) is 1. The van der Waals surface area contributed by atoms with Crippen LogP contribution in [-0.4, -0.2) is 25.7 Å². The molecule has 0 aliphatic rings. The van der Waals surface area contributed by atoms with Crippen LogP contribution < -0.4 is 19.5 Å². The summed E-state index contributed by atoms with van der Waals surface area (Å²) in [6, 6.07) is 13.2. The number of rotatable bonds is 9. The SMILES string of the molecule is CCOc1cc(/C=C/C(=O)NCc2ccc(OC(C)C)cc2)ccc1OC. The molecular formula is C22H27NO4. The van der Waals surface area contributed by atoms with Crippen LogP contribution in [0.3, 0.4) is 0 Å². The second kappa shape index (κ2) is 10.3. The Balaban J connectivity index is 1.90. The zero-order valence-corrected chi connectivity index (χ0v) is 16.3. The molecule has 0 radical (unpaired) electrons. The smallest absolute Gasteiger partial charge is 0.244 e. The summed E-state index contributed by atoms with van der Waals surface area (Å²) in [5.74, 6) is 1.99. The van der Waals surface area contributed by atoms with Gasteiger partial charge >= 0.3 is 0 Å². The zero-order valence-electron chi connectivity index (χ0n) is 16.3. The van der Waals surface area contributed by atoms with Gasteiger partial charge in [0.15, 0.2) is 11.5 Å². The standard InChI is InChI=1S/C22H27NO4/c1-5-26-21-14-17(8-12-20(21)25-4)9-13-22(24)23-15-18-6-10-19(11-7-18)27-16(2)3/h6-14,16H,5,15H2,1-4H3,(H,23,24)/b13-9+. The van der Waals surface area contributed by atoms with E-state index in [1.165, 1.54) is 6.08 Å². The molecule has 0 aliphatic carbocycles. The predicted octanol–water partition coefficient (Wildman–Crippen LogP) is 4.21. The minimum atomic E-state index is -0.161. The highest BCUT2D eigenvalue weighted by molar-refractivity contribution is 5.91. The van der Waals surface area contributed by atoms with Gasteiger partial charge in [0.1, 0.15) is 5.75 Å². The number of benzene rings is 2. The average molecular weight is 369 g/mol. The largest absolute Gasteiger partial charge is 0.493 e. The molecule has 0 fully saturated rings. The fourth-order valence-corrected chi connectivity index (χ4v) is 2.44. The van der Waals surface area contributed by atoms with E-state index in [4.69, 9.17) is 14.2 Å². The normalized spacial score (nSPS) is 10.9. The molecule has 0 heterocycles. The first-order chi connectivity index (χ1) is 13.0. The highest BCUT2D eigenvalue weighted by Crippen LogP contribution is 2.28. The van der Waals surface area contributed by atoms with Gasteiger partial charge in [-0.1, -0.05) is 18.2 Å². The van der Waals surface area contributed by atoms with Gasteiger partial charge in [0, 0.05) is 12.6 Å². The molecule has 27 heavy (non-hydrogen) atoms. The summed E-state index contributed by atoms with van der Waals surface area (Å²) >= 11 is 0. The second-order valence-electron chi connectivity index (χ2n) is 6.21. The Morgan fingerprint density at radius 3 is 2.48 bits per heavy atom. The molecule has 0 unspecified atom stereocenters. The van der Waals surface area contributed by atoms with Gasteiger partial charge in [0.25, 0.3) is 0 Å². The van der Waals surface area contributed by atoms with Crippen molar-refractivity contribution in [2.24, 2.45) is 0 Å². The van der Waals surface area contributed by atoms with Crippen LogP contribution in [0.15, 0.2) is 48.5 Å². The van der Waals surface area contributed by atoms with Gasteiger partial charge in [0.2, 0.25) is 5.91 Å². The maximum atomic E-state index is 12.1. The average Bonchev–Trinajstić information content (AvgIpc) is 2.66. The van der Waals surface area contributed by atoms with Crippen molar-refractivity contribution < 1.29 is 19.0 Å². The van der Waals surface area contributed by atoms with E-state index < -0.39 is 0 Å². The minimum Gasteiger partial charge on any atom is -0.493 e. The Bertz CT molecular complexity index is 766. The molecule has 0 atom stereocenters. The van der Waals surface area contributed by atoms with Gasteiger partial charge in [-0.15, -0.1) is 0 Å². The highest BCUT2D eigenvalue weighted by Gasteiger charge is 2.04. The Morgan fingerprint density at radius 1 is 1.11 bits per heavy atom. The summed E-state index contributed by atoms with van der Waals surface area (Å²) in [5.41, 5.74) is 1.88. The fourth-order valence-electron chi connectivity index (χ4n) is 2.44. The lowest BCUT2D eigenvalue weighted by Gasteiger charge is -2.10. The molecule has 2 aromatic rings. The summed E-state index contributed by atoms with van der Waals surface area (Å²) in [6.45, 7) is 6.89. The van der Waals surface area contributed by atoms with Crippen molar-refractivity contribution >= 4 is 12.0 Å². The maximum absolute atomic E-state index is 12.1. The van der Waals surface area contributed by atoms with Gasteiger partial charge in [-0.3, -0.25) is 4.79 Å². The summed E-state index contributed by atoms with van der Waals surface area (Å²) in [7, 11) is 1.60. The third kappa shape index (κ3) is 6.70. The van der Waals surface area contributed by atoms with Crippen molar-refractivity contribution in [3.63, 3.8) is 0 Å². The summed E-state index contributed by atoms with van der Waals surface area (Å²) in [6.07, 6.45) is 3.40. The number of carbonyl (C=O) groups excluding carboxylic acids is 1. The third-order valence-electron chi connectivity index (χ3n) is 3.68. The first-order valence-electron chi connectivity index (χ1n) is 9.04. The summed E-state index contributed by atoms with van der Waals surface area (Å²) in [5, 5.41) is 2.87. The van der Waals surface area contributed by atoms with Crippen LogP contribution in [0, 0.1) is 0 Å². The molecule has 0 aliphatic heterocycles. The molecule has 0 saturated carbocycles. The molecule has 1 N–H and O–H groups in total. The Morgan fingerprint density at radius 2 is 1.85 bits per heavy atom. The Kier molecular flexibility index (Phi) is 7.74. The van der Waals surface area contributed by atoms with E-state index in [9.17, 15) is 4.79 Å². The molecule has 2 rings (SSSR count). The Hall–Kier alpha value is -2.95. The van der Waals surface area contributed by atoms with E-state index in [-0.39, 0.29) is 12.0 Å². The van der Waals surface area contributed by atoms with Gasteiger partial charge in [0.05, 0.1) is 19.8 Å². The van der Waals surface area contributed by atoms with Crippen LogP contribution in [0.25, 0.3) is 6.08 Å². The van der Waals surface area contributed by atoms with Crippen LogP contribution >= 0.6 is 0 Å².